The molecule has 0 aromatic heterocycles. The van der Waals surface area contributed by atoms with Gasteiger partial charge in [0.2, 0.25) is 0 Å². The molecule has 0 unspecified atom stereocenters. The summed E-state index contributed by atoms with van der Waals surface area (Å²) in [4.78, 5) is 3.42. The first-order valence-corrected chi connectivity index (χ1v) is 1.84. The highest BCUT2D eigenvalue weighted by Crippen LogP contribution is 1.64. The molecule has 0 radical (unpaired) electrons. The van der Waals surface area contributed by atoms with Crippen LogP contribution in [0.2, 0.25) is 0 Å². The Morgan fingerprint density at radius 3 is 3.00 bits per heavy atom. The molecule has 0 saturated heterocycles. The number of nitrogens with one attached hydrogen (secondary N) is 1. The lowest BCUT2D eigenvalue weighted by Gasteiger charge is -1.66. The van der Waals surface area contributed by atoms with Gasteiger partial charge in [0.1, 0.15) is 0 Å². The zero-order valence-electron chi connectivity index (χ0n) is 3.94. The Labute approximate surface area is 42.4 Å². The lowest BCUT2D eigenvalue weighted by molar-refractivity contribution is 1.25. The van der Waals surface area contributed by atoms with Crippen molar-refractivity contribution in [2.75, 3.05) is 6.54 Å². The smallest absolute Gasteiger partial charge is 0.0865 e. The molecule has 0 aliphatic heterocycles. The summed E-state index contributed by atoms with van der Waals surface area (Å²) in [5.74, 6) is 0. The van der Waals surface area contributed by atoms with Gasteiger partial charge in [0.05, 0.1) is 12.6 Å². The summed E-state index contributed by atoms with van der Waals surface area (Å²) in [7, 11) is 0. The normalized spacial score (nSPS) is 5.71. The second kappa shape index (κ2) is 4.90. The SMILES string of the molecule is C=C=CCN=C=N. The largest absolute Gasteiger partial charge is 0.242 e. The Kier molecular flexibility index (Phi) is 4.13. The number of nitrogens with zero attached hydrogens (tertiary/aromatic N) is 1. The van der Waals surface area contributed by atoms with Gasteiger partial charge in [-0.3, -0.25) is 0 Å². The van der Waals surface area contributed by atoms with Crippen LogP contribution >= 0.6 is 0 Å². The van der Waals surface area contributed by atoms with Crippen LogP contribution in [-0.2, 0) is 0 Å². The lowest BCUT2D eigenvalue weighted by Crippen LogP contribution is -1.63. The molecule has 0 amide bonds. The molecule has 0 aromatic carbocycles. The highest BCUT2D eigenvalue weighted by molar-refractivity contribution is 5.35. The highest BCUT2D eigenvalue weighted by atomic mass is 14.7. The van der Waals surface area contributed by atoms with E-state index in [1.54, 1.807) is 6.08 Å². The Morgan fingerprint density at radius 2 is 2.57 bits per heavy atom. The minimum Gasteiger partial charge on any atom is -0.242 e. The summed E-state index contributed by atoms with van der Waals surface area (Å²) >= 11 is 0. The fourth-order valence-corrected chi connectivity index (χ4v) is 0.156. The second-order valence-electron chi connectivity index (χ2n) is 0.861. The van der Waals surface area contributed by atoms with Crippen molar-refractivity contribution in [2.24, 2.45) is 4.99 Å². The maximum Gasteiger partial charge on any atom is 0.0865 e. The first-order valence-electron chi connectivity index (χ1n) is 1.84. The van der Waals surface area contributed by atoms with E-state index in [2.05, 4.69) is 17.3 Å². The molecule has 0 rings (SSSR count). The summed E-state index contributed by atoms with van der Waals surface area (Å²) in [6, 6.07) is 1.88. The summed E-state index contributed by atoms with van der Waals surface area (Å²) in [5.41, 5.74) is 2.51. The zero-order chi connectivity index (χ0) is 5.54. The zero-order valence-corrected chi connectivity index (χ0v) is 3.94. The predicted molar refractivity (Wildman–Crippen MR) is 28.7 cm³/mol. The van der Waals surface area contributed by atoms with Crippen molar-refractivity contribution in [2.45, 2.75) is 0 Å². The maximum absolute atomic E-state index is 6.30. The van der Waals surface area contributed by atoms with Crippen molar-refractivity contribution in [1.29, 1.82) is 5.41 Å². The van der Waals surface area contributed by atoms with Gasteiger partial charge in [-0.2, -0.15) is 0 Å². The minimum atomic E-state index is 0.465. The van der Waals surface area contributed by atoms with Crippen molar-refractivity contribution in [3.8, 4) is 0 Å². The van der Waals surface area contributed by atoms with Crippen LogP contribution in [0.4, 0.5) is 0 Å². The van der Waals surface area contributed by atoms with E-state index in [0.717, 1.165) is 0 Å². The van der Waals surface area contributed by atoms with Gasteiger partial charge >= 0.3 is 0 Å². The van der Waals surface area contributed by atoms with Gasteiger partial charge in [-0.1, -0.05) is 6.58 Å². The first-order chi connectivity index (χ1) is 3.41. The summed E-state index contributed by atoms with van der Waals surface area (Å²) in [5, 5.41) is 6.30. The summed E-state index contributed by atoms with van der Waals surface area (Å²) < 4.78 is 0. The molecule has 36 valence electrons. The fraction of sp³-hybridized carbons (Fsp3) is 0.200. The molecule has 0 heterocycles. The van der Waals surface area contributed by atoms with E-state index in [-0.39, 0.29) is 0 Å². The molecular formula is C5H6N2. The number of hydrogen-bond donors (Lipinski definition) is 1. The van der Waals surface area contributed by atoms with E-state index in [1.165, 1.54) is 0 Å². The van der Waals surface area contributed by atoms with Crippen LogP contribution in [0, 0.1) is 5.41 Å². The first kappa shape index (κ1) is 5.90. The van der Waals surface area contributed by atoms with Crippen molar-refractivity contribution in [3.63, 3.8) is 0 Å². The summed E-state index contributed by atoms with van der Waals surface area (Å²) in [6.07, 6.45) is 1.63. The molecule has 0 fully saturated rings. The minimum absolute atomic E-state index is 0.465. The van der Waals surface area contributed by atoms with Crippen LogP contribution in [0.3, 0.4) is 0 Å². The number of hydrogen-bond acceptors (Lipinski definition) is 2. The number of rotatable bonds is 2. The molecule has 0 bridgehead atoms. The molecule has 2 heteroatoms. The molecule has 0 atom stereocenters. The van der Waals surface area contributed by atoms with Gasteiger partial charge in [-0.25, -0.2) is 10.4 Å². The van der Waals surface area contributed by atoms with Crippen LogP contribution in [0.1, 0.15) is 0 Å². The Bertz CT molecular complexity index is 109. The van der Waals surface area contributed by atoms with Crippen molar-refractivity contribution in [1.82, 2.24) is 0 Å². The van der Waals surface area contributed by atoms with Crippen molar-refractivity contribution in [3.05, 3.63) is 18.4 Å². The third-order valence-corrected chi connectivity index (χ3v) is 0.406. The van der Waals surface area contributed by atoms with Crippen LogP contribution in [-0.4, -0.2) is 12.6 Å². The van der Waals surface area contributed by atoms with Gasteiger partial charge < -0.3 is 0 Å². The van der Waals surface area contributed by atoms with Crippen LogP contribution < -0.4 is 0 Å². The molecule has 1 N–H and O–H groups in total. The fourth-order valence-electron chi connectivity index (χ4n) is 0.156. The van der Waals surface area contributed by atoms with Crippen LogP contribution in [0.5, 0.6) is 0 Å². The average Bonchev–Trinajstić information content (AvgIpc) is 1.69. The molecule has 0 aromatic rings. The average molecular weight is 94.1 g/mol. The van der Waals surface area contributed by atoms with Crippen LogP contribution in [0.15, 0.2) is 23.4 Å². The Morgan fingerprint density at radius 1 is 1.86 bits per heavy atom. The van der Waals surface area contributed by atoms with E-state index >= 15 is 0 Å². The summed E-state index contributed by atoms with van der Waals surface area (Å²) in [6.45, 7) is 3.77. The van der Waals surface area contributed by atoms with Gasteiger partial charge in [-0.15, -0.1) is 5.73 Å². The van der Waals surface area contributed by atoms with Crippen molar-refractivity contribution >= 4 is 6.01 Å². The van der Waals surface area contributed by atoms with Gasteiger partial charge in [0.15, 0.2) is 0 Å². The second-order valence-corrected chi connectivity index (χ2v) is 0.861. The van der Waals surface area contributed by atoms with Gasteiger partial charge in [0, 0.05) is 0 Å². The molecule has 0 aliphatic rings. The van der Waals surface area contributed by atoms with Crippen molar-refractivity contribution < 1.29 is 0 Å². The molecule has 0 spiro atoms. The molecule has 0 aliphatic carbocycles. The maximum atomic E-state index is 6.30. The predicted octanol–water partition coefficient (Wildman–Crippen LogP) is 1.08. The standard InChI is InChI=1S/C5H6N2/c1-2-3-4-7-5-6/h3,6H,1,4H2. The molecule has 0 saturated carbocycles. The Balaban J connectivity index is 3.33. The van der Waals surface area contributed by atoms with Gasteiger partial charge in [-0.05, 0) is 6.08 Å². The van der Waals surface area contributed by atoms with E-state index < -0.39 is 0 Å². The monoisotopic (exact) mass is 94.1 g/mol. The highest BCUT2D eigenvalue weighted by Gasteiger charge is 1.59. The molecule has 2 nitrogen and oxygen atoms in total. The van der Waals surface area contributed by atoms with E-state index in [9.17, 15) is 0 Å². The van der Waals surface area contributed by atoms with Gasteiger partial charge in [0.25, 0.3) is 0 Å². The van der Waals surface area contributed by atoms with Crippen LogP contribution in [0.25, 0.3) is 0 Å². The van der Waals surface area contributed by atoms with E-state index in [4.69, 9.17) is 5.41 Å². The molecular weight excluding hydrogens is 88.1 g/mol. The molecule has 7 heavy (non-hydrogen) atoms. The third kappa shape index (κ3) is 4.90. The number of aliphatic imine (C=N–C) groups is 1. The quantitative estimate of drug-likeness (QED) is 0.392. The van der Waals surface area contributed by atoms with E-state index in [0.29, 0.717) is 6.54 Å². The van der Waals surface area contributed by atoms with E-state index in [1.807, 2.05) is 6.01 Å². The lowest BCUT2D eigenvalue weighted by atomic mass is 10.6. The topological polar surface area (TPSA) is 36.2 Å². The third-order valence-electron chi connectivity index (χ3n) is 0.406. The Hall–Kier alpha value is -1.10.